The van der Waals surface area contributed by atoms with Crippen molar-refractivity contribution in [3.8, 4) is 0 Å². The van der Waals surface area contributed by atoms with Gasteiger partial charge in [0.15, 0.2) is 5.79 Å². The fraction of sp³-hybridized carbons (Fsp3) is 1.00. The number of rotatable bonds is 3. The van der Waals surface area contributed by atoms with E-state index >= 15 is 0 Å². The van der Waals surface area contributed by atoms with Crippen LogP contribution in [0.15, 0.2) is 0 Å². The van der Waals surface area contributed by atoms with E-state index < -0.39 is 29.4 Å². The fourth-order valence-electron chi connectivity index (χ4n) is 1.02. The van der Waals surface area contributed by atoms with Gasteiger partial charge in [0.05, 0.1) is 13.2 Å². The Morgan fingerprint density at radius 3 is 2.57 bits per heavy atom. The molecular weight excluding hydrogens is 221 g/mol. The van der Waals surface area contributed by atoms with Gasteiger partial charge in [0, 0.05) is 0 Å². The van der Waals surface area contributed by atoms with E-state index in [4.69, 9.17) is 9.47 Å². The topological polar surface area (TPSA) is 27.7 Å². The highest BCUT2D eigenvalue weighted by Crippen LogP contribution is 2.32. The van der Waals surface area contributed by atoms with Gasteiger partial charge >= 0.3 is 5.51 Å². The van der Waals surface area contributed by atoms with E-state index in [9.17, 15) is 13.2 Å². The second-order valence-corrected chi connectivity index (χ2v) is 4.13. The third-order valence-electron chi connectivity index (χ3n) is 1.47. The standard InChI is InChI=1S/C7H11F3O3S/c1-6(2)11-3-5(13-6)4-12-14-7(8,9)10/h5H,3-4H2,1-2H3. The first-order chi connectivity index (χ1) is 6.29. The minimum Gasteiger partial charge on any atom is -0.348 e. The first-order valence-corrected chi connectivity index (χ1v) is 4.72. The van der Waals surface area contributed by atoms with Crippen molar-refractivity contribution in [3.63, 3.8) is 0 Å². The molecule has 0 radical (unpaired) electrons. The molecule has 1 saturated heterocycles. The lowest BCUT2D eigenvalue weighted by atomic mass is 10.4. The lowest BCUT2D eigenvalue weighted by molar-refractivity contribution is -0.141. The molecule has 14 heavy (non-hydrogen) atoms. The Morgan fingerprint density at radius 2 is 2.14 bits per heavy atom. The number of alkyl halides is 3. The molecule has 1 aliphatic rings. The Kier molecular flexibility index (Phi) is 3.68. The van der Waals surface area contributed by atoms with Crippen LogP contribution in [0.1, 0.15) is 13.8 Å². The minimum absolute atomic E-state index is 0.131. The molecule has 1 aliphatic heterocycles. The maximum Gasteiger partial charge on any atom is 0.467 e. The van der Waals surface area contributed by atoms with Gasteiger partial charge < -0.3 is 13.7 Å². The highest BCUT2D eigenvalue weighted by atomic mass is 32.2. The first-order valence-electron chi connectivity index (χ1n) is 3.98. The normalized spacial score (nSPS) is 26.8. The molecule has 1 heterocycles. The van der Waals surface area contributed by atoms with Gasteiger partial charge in [-0.25, -0.2) is 0 Å². The second-order valence-electron chi connectivity index (χ2n) is 3.26. The summed E-state index contributed by atoms with van der Waals surface area (Å²) in [7, 11) is 0. The molecule has 0 aliphatic carbocycles. The van der Waals surface area contributed by atoms with E-state index in [1.54, 1.807) is 13.8 Å². The molecule has 3 nitrogen and oxygen atoms in total. The van der Waals surface area contributed by atoms with Crippen LogP contribution in [-0.2, 0) is 13.7 Å². The molecule has 1 unspecified atom stereocenters. The Bertz CT molecular complexity index is 195. The van der Waals surface area contributed by atoms with Crippen molar-refractivity contribution in [2.75, 3.05) is 13.2 Å². The van der Waals surface area contributed by atoms with Crippen LogP contribution in [0.3, 0.4) is 0 Å². The van der Waals surface area contributed by atoms with Crippen molar-refractivity contribution in [1.82, 2.24) is 0 Å². The molecule has 0 bridgehead atoms. The zero-order valence-corrected chi connectivity index (χ0v) is 8.57. The molecule has 1 rings (SSSR count). The van der Waals surface area contributed by atoms with E-state index in [1.807, 2.05) is 0 Å². The van der Waals surface area contributed by atoms with Gasteiger partial charge in [0.1, 0.15) is 18.1 Å². The van der Waals surface area contributed by atoms with Gasteiger partial charge in [-0.05, 0) is 13.8 Å². The smallest absolute Gasteiger partial charge is 0.348 e. The number of halogens is 3. The maximum atomic E-state index is 11.6. The molecule has 0 saturated carbocycles. The van der Waals surface area contributed by atoms with E-state index in [1.165, 1.54) is 0 Å². The van der Waals surface area contributed by atoms with Gasteiger partial charge in [0.25, 0.3) is 0 Å². The molecule has 0 aromatic heterocycles. The molecule has 7 heteroatoms. The van der Waals surface area contributed by atoms with Crippen LogP contribution >= 0.6 is 12.0 Å². The van der Waals surface area contributed by atoms with Crippen LogP contribution in [0.4, 0.5) is 13.2 Å². The molecule has 0 spiro atoms. The molecule has 1 atom stereocenters. The van der Waals surface area contributed by atoms with Crippen LogP contribution in [0.25, 0.3) is 0 Å². The first kappa shape index (κ1) is 12.1. The van der Waals surface area contributed by atoms with Gasteiger partial charge in [-0.3, -0.25) is 0 Å². The molecule has 0 amide bonds. The van der Waals surface area contributed by atoms with Crippen LogP contribution in [0.5, 0.6) is 0 Å². The van der Waals surface area contributed by atoms with Crippen LogP contribution in [0.2, 0.25) is 0 Å². The van der Waals surface area contributed by atoms with Gasteiger partial charge in [0.2, 0.25) is 0 Å². The summed E-state index contributed by atoms with van der Waals surface area (Å²) < 4.78 is 49.7. The lowest BCUT2D eigenvalue weighted by Gasteiger charge is -2.16. The van der Waals surface area contributed by atoms with Crippen LogP contribution in [0, 0.1) is 0 Å². The molecule has 0 N–H and O–H groups in total. The second kappa shape index (κ2) is 4.26. The molecule has 0 aromatic carbocycles. The van der Waals surface area contributed by atoms with Crippen molar-refractivity contribution >= 4 is 12.0 Å². The summed E-state index contributed by atoms with van der Waals surface area (Å²) >= 11 is -0.515. The minimum atomic E-state index is -4.37. The van der Waals surface area contributed by atoms with Crippen molar-refractivity contribution in [2.24, 2.45) is 0 Å². The summed E-state index contributed by atoms with van der Waals surface area (Å²) in [6, 6.07) is 0. The SMILES string of the molecule is CC1(C)OCC(COSC(F)(F)F)O1. The van der Waals surface area contributed by atoms with Gasteiger partial charge in [-0.15, -0.1) is 0 Å². The maximum absolute atomic E-state index is 11.6. The van der Waals surface area contributed by atoms with Crippen LogP contribution in [-0.4, -0.2) is 30.6 Å². The summed E-state index contributed by atoms with van der Waals surface area (Å²) in [6.45, 7) is 3.52. The molecule has 84 valence electrons. The zero-order chi connectivity index (χ0) is 10.8. The predicted molar refractivity (Wildman–Crippen MR) is 44.5 cm³/mol. The number of hydrogen-bond donors (Lipinski definition) is 0. The third-order valence-corrected chi connectivity index (χ3v) is 1.92. The monoisotopic (exact) mass is 232 g/mol. The predicted octanol–water partition coefficient (Wildman–Crippen LogP) is 2.32. The summed E-state index contributed by atoms with van der Waals surface area (Å²) in [4.78, 5) is 0. The number of hydrogen-bond acceptors (Lipinski definition) is 4. The molecular formula is C7H11F3O3S. The van der Waals surface area contributed by atoms with Crippen molar-refractivity contribution < 1.29 is 26.8 Å². The van der Waals surface area contributed by atoms with Crippen molar-refractivity contribution in [2.45, 2.75) is 31.2 Å². The Labute approximate surface area is 84.1 Å². The largest absolute Gasteiger partial charge is 0.467 e. The van der Waals surface area contributed by atoms with E-state index in [-0.39, 0.29) is 13.2 Å². The van der Waals surface area contributed by atoms with E-state index in [0.717, 1.165) is 0 Å². The average molecular weight is 232 g/mol. The zero-order valence-electron chi connectivity index (χ0n) is 7.76. The average Bonchev–Trinajstić information content (AvgIpc) is 2.27. The summed E-state index contributed by atoms with van der Waals surface area (Å²) in [5.41, 5.74) is -4.37. The van der Waals surface area contributed by atoms with Gasteiger partial charge in [-0.1, -0.05) is 0 Å². The number of ether oxygens (including phenoxy) is 2. The fourth-order valence-corrected chi connectivity index (χ4v) is 1.38. The summed E-state index contributed by atoms with van der Waals surface area (Å²) in [5, 5.41) is 0. The van der Waals surface area contributed by atoms with E-state index in [0.29, 0.717) is 0 Å². The molecule has 0 aromatic rings. The Balaban J connectivity index is 2.15. The Morgan fingerprint density at radius 1 is 1.50 bits per heavy atom. The Hall–Kier alpha value is 0.0200. The lowest BCUT2D eigenvalue weighted by Crippen LogP contribution is -2.23. The van der Waals surface area contributed by atoms with Crippen molar-refractivity contribution in [3.05, 3.63) is 0 Å². The van der Waals surface area contributed by atoms with Crippen LogP contribution < -0.4 is 0 Å². The summed E-state index contributed by atoms with van der Waals surface area (Å²) in [5.74, 6) is -0.725. The van der Waals surface area contributed by atoms with Gasteiger partial charge in [-0.2, -0.15) is 13.2 Å². The highest BCUT2D eigenvalue weighted by Gasteiger charge is 2.35. The van der Waals surface area contributed by atoms with Crippen molar-refractivity contribution in [1.29, 1.82) is 0 Å². The quantitative estimate of drug-likeness (QED) is 0.698. The highest BCUT2D eigenvalue weighted by molar-refractivity contribution is 7.95. The molecule has 1 fully saturated rings. The third kappa shape index (κ3) is 4.50. The van der Waals surface area contributed by atoms with E-state index in [2.05, 4.69) is 4.18 Å². The summed E-state index contributed by atoms with van der Waals surface area (Å²) in [6.07, 6.45) is -0.431.